The van der Waals surface area contributed by atoms with Gasteiger partial charge >= 0.3 is 0 Å². The molecule has 1 aromatic carbocycles. The fourth-order valence-electron chi connectivity index (χ4n) is 1.74. The zero-order valence-corrected chi connectivity index (χ0v) is 7.70. The summed E-state index contributed by atoms with van der Waals surface area (Å²) in [6.45, 7) is 3.95. The Morgan fingerprint density at radius 2 is 2.31 bits per heavy atom. The summed E-state index contributed by atoms with van der Waals surface area (Å²) in [5.74, 6) is 0.674. The van der Waals surface area contributed by atoms with Crippen LogP contribution < -0.4 is 4.74 Å². The van der Waals surface area contributed by atoms with Crippen molar-refractivity contribution >= 4 is 5.69 Å². The average molecular weight is 177 g/mol. The molecule has 0 spiro atoms. The summed E-state index contributed by atoms with van der Waals surface area (Å²) in [4.78, 5) is 10.5. The van der Waals surface area contributed by atoms with Gasteiger partial charge in [-0.05, 0) is 30.7 Å². The first-order valence-electron chi connectivity index (χ1n) is 4.34. The summed E-state index contributed by atoms with van der Waals surface area (Å²) >= 11 is 0. The predicted molar refractivity (Wildman–Crippen MR) is 50.4 cm³/mol. The third-order valence-corrected chi connectivity index (χ3v) is 2.22. The number of fused-ring (bicyclic) bond motifs is 1. The van der Waals surface area contributed by atoms with E-state index in [4.69, 9.17) is 4.74 Å². The van der Waals surface area contributed by atoms with Gasteiger partial charge in [-0.2, -0.15) is 0 Å². The van der Waals surface area contributed by atoms with E-state index in [2.05, 4.69) is 5.18 Å². The minimum absolute atomic E-state index is 0.164. The molecule has 0 bridgehead atoms. The molecule has 0 aromatic heterocycles. The van der Waals surface area contributed by atoms with Gasteiger partial charge in [0.1, 0.15) is 11.8 Å². The van der Waals surface area contributed by atoms with Crippen LogP contribution in [0.25, 0.3) is 0 Å². The molecule has 0 N–H and O–H groups in total. The first kappa shape index (κ1) is 8.23. The van der Waals surface area contributed by atoms with Gasteiger partial charge in [0, 0.05) is 12.0 Å². The molecule has 0 amide bonds. The molecule has 0 fully saturated rings. The Kier molecular flexibility index (Phi) is 1.79. The number of nitroso groups, excluding NO2 is 1. The van der Waals surface area contributed by atoms with Crippen LogP contribution in [0.3, 0.4) is 0 Å². The van der Waals surface area contributed by atoms with E-state index in [-0.39, 0.29) is 6.10 Å². The van der Waals surface area contributed by atoms with E-state index in [1.54, 1.807) is 6.07 Å². The second-order valence-electron chi connectivity index (χ2n) is 3.50. The Morgan fingerprint density at radius 3 is 3.00 bits per heavy atom. The van der Waals surface area contributed by atoms with Crippen molar-refractivity contribution in [2.75, 3.05) is 0 Å². The van der Waals surface area contributed by atoms with E-state index in [1.165, 1.54) is 0 Å². The van der Waals surface area contributed by atoms with E-state index < -0.39 is 0 Å². The van der Waals surface area contributed by atoms with Gasteiger partial charge in [-0.1, -0.05) is 6.07 Å². The van der Waals surface area contributed by atoms with Crippen molar-refractivity contribution in [3.05, 3.63) is 28.2 Å². The van der Waals surface area contributed by atoms with Crippen LogP contribution in [0, 0.1) is 11.8 Å². The molecule has 1 heterocycles. The van der Waals surface area contributed by atoms with Crippen LogP contribution in [0.1, 0.15) is 18.1 Å². The first-order chi connectivity index (χ1) is 6.20. The Balaban J connectivity index is 2.56. The van der Waals surface area contributed by atoms with Crippen LogP contribution in [0.2, 0.25) is 0 Å². The van der Waals surface area contributed by atoms with Crippen LogP contribution in [0.5, 0.6) is 5.75 Å². The molecule has 1 aromatic rings. The highest BCUT2D eigenvalue weighted by molar-refractivity contribution is 5.59. The highest BCUT2D eigenvalue weighted by Gasteiger charge is 2.22. The van der Waals surface area contributed by atoms with Crippen molar-refractivity contribution in [2.24, 2.45) is 5.18 Å². The maximum Gasteiger partial charge on any atom is 0.152 e. The minimum atomic E-state index is 0.164. The van der Waals surface area contributed by atoms with Crippen LogP contribution in [0.4, 0.5) is 5.69 Å². The lowest BCUT2D eigenvalue weighted by Crippen LogP contribution is -2.05. The van der Waals surface area contributed by atoms with Gasteiger partial charge in [0.2, 0.25) is 0 Å². The Morgan fingerprint density at radius 1 is 1.54 bits per heavy atom. The van der Waals surface area contributed by atoms with Crippen LogP contribution in [-0.2, 0) is 6.42 Å². The quantitative estimate of drug-likeness (QED) is 0.618. The smallest absolute Gasteiger partial charge is 0.152 e. The SMILES string of the molecule is Cc1cc2c(c(N=O)c1)O[C@H](C)C2. The molecule has 0 saturated carbocycles. The standard InChI is InChI=1S/C10H11NO2/c1-6-3-8-5-7(2)13-10(8)9(4-6)11-12/h3-4,7H,5H2,1-2H3/t7-/m1/s1. The number of aryl methyl sites for hydroxylation is 1. The summed E-state index contributed by atoms with van der Waals surface area (Å²) in [5, 5.41) is 2.96. The monoisotopic (exact) mass is 177 g/mol. The van der Waals surface area contributed by atoms with Crippen molar-refractivity contribution in [1.29, 1.82) is 0 Å². The molecular weight excluding hydrogens is 166 g/mol. The maximum absolute atomic E-state index is 10.5. The first-order valence-corrected chi connectivity index (χ1v) is 4.34. The molecule has 0 saturated heterocycles. The third-order valence-electron chi connectivity index (χ3n) is 2.22. The van der Waals surface area contributed by atoms with Crippen LogP contribution in [-0.4, -0.2) is 6.10 Å². The zero-order chi connectivity index (χ0) is 9.42. The van der Waals surface area contributed by atoms with Gasteiger partial charge in [-0.3, -0.25) is 0 Å². The fraction of sp³-hybridized carbons (Fsp3) is 0.400. The highest BCUT2D eigenvalue weighted by Crippen LogP contribution is 2.38. The van der Waals surface area contributed by atoms with E-state index in [0.717, 1.165) is 17.5 Å². The summed E-state index contributed by atoms with van der Waals surface area (Å²) in [7, 11) is 0. The van der Waals surface area contributed by atoms with Gasteiger partial charge in [-0.25, -0.2) is 0 Å². The molecule has 68 valence electrons. The number of rotatable bonds is 1. The Hall–Kier alpha value is -1.38. The Labute approximate surface area is 76.7 Å². The lowest BCUT2D eigenvalue weighted by Gasteiger charge is -2.04. The zero-order valence-electron chi connectivity index (χ0n) is 7.70. The van der Waals surface area contributed by atoms with Gasteiger partial charge in [0.15, 0.2) is 5.75 Å². The minimum Gasteiger partial charge on any atom is -0.488 e. The molecule has 3 heteroatoms. The summed E-state index contributed by atoms with van der Waals surface area (Å²) < 4.78 is 5.49. The van der Waals surface area contributed by atoms with E-state index in [0.29, 0.717) is 11.4 Å². The Bertz CT molecular complexity index is 360. The molecular formula is C10H11NO2. The highest BCUT2D eigenvalue weighted by atomic mass is 16.5. The number of hydrogen-bond donors (Lipinski definition) is 0. The van der Waals surface area contributed by atoms with Gasteiger partial charge in [0.25, 0.3) is 0 Å². The van der Waals surface area contributed by atoms with Crippen LogP contribution >= 0.6 is 0 Å². The van der Waals surface area contributed by atoms with Crippen molar-refractivity contribution in [3.63, 3.8) is 0 Å². The molecule has 1 aliphatic rings. The molecule has 13 heavy (non-hydrogen) atoms. The van der Waals surface area contributed by atoms with Crippen molar-refractivity contribution in [1.82, 2.24) is 0 Å². The lowest BCUT2D eigenvalue weighted by molar-refractivity contribution is 0.255. The molecule has 1 aliphatic heterocycles. The third kappa shape index (κ3) is 1.30. The second-order valence-corrected chi connectivity index (χ2v) is 3.50. The normalized spacial score (nSPS) is 19.4. The topological polar surface area (TPSA) is 38.7 Å². The van der Waals surface area contributed by atoms with Crippen molar-refractivity contribution < 1.29 is 4.74 Å². The summed E-state index contributed by atoms with van der Waals surface area (Å²) in [6.07, 6.45) is 1.04. The van der Waals surface area contributed by atoms with Crippen molar-refractivity contribution in [3.8, 4) is 5.75 Å². The van der Waals surface area contributed by atoms with Gasteiger partial charge in [-0.15, -0.1) is 4.91 Å². The fourth-order valence-corrected chi connectivity index (χ4v) is 1.74. The molecule has 0 unspecified atom stereocenters. The van der Waals surface area contributed by atoms with E-state index >= 15 is 0 Å². The largest absolute Gasteiger partial charge is 0.488 e. The number of nitrogens with zero attached hydrogens (tertiary/aromatic N) is 1. The summed E-state index contributed by atoms with van der Waals surface area (Å²) in [5.41, 5.74) is 2.59. The predicted octanol–water partition coefficient (Wildman–Crippen LogP) is 2.72. The van der Waals surface area contributed by atoms with Crippen molar-refractivity contribution in [2.45, 2.75) is 26.4 Å². The molecule has 0 aliphatic carbocycles. The lowest BCUT2D eigenvalue weighted by atomic mass is 10.1. The molecule has 3 nitrogen and oxygen atoms in total. The van der Waals surface area contributed by atoms with Gasteiger partial charge in [0.05, 0.1) is 0 Å². The van der Waals surface area contributed by atoms with Gasteiger partial charge < -0.3 is 4.74 Å². The molecule has 0 radical (unpaired) electrons. The molecule has 2 rings (SSSR count). The van der Waals surface area contributed by atoms with Crippen LogP contribution in [0.15, 0.2) is 17.3 Å². The van der Waals surface area contributed by atoms with E-state index in [1.807, 2.05) is 19.9 Å². The number of ether oxygens (including phenoxy) is 1. The number of benzene rings is 1. The number of hydrogen-bond acceptors (Lipinski definition) is 3. The maximum atomic E-state index is 10.5. The second kappa shape index (κ2) is 2.83. The average Bonchev–Trinajstić information content (AvgIpc) is 2.43. The summed E-state index contributed by atoms with van der Waals surface area (Å²) in [6, 6.07) is 3.80. The molecule has 1 atom stereocenters. The van der Waals surface area contributed by atoms with E-state index in [9.17, 15) is 4.91 Å².